The van der Waals surface area contributed by atoms with Crippen molar-refractivity contribution in [1.29, 1.82) is 0 Å². The summed E-state index contributed by atoms with van der Waals surface area (Å²) in [6.07, 6.45) is -4.63. The molecule has 10 heteroatoms. The molecule has 0 spiro atoms. The molecule has 0 atom stereocenters. The normalized spacial score (nSPS) is 11.4. The molecule has 0 aliphatic rings. The molecule has 3 rings (SSSR count). The second-order valence-corrected chi connectivity index (χ2v) is 6.72. The first kappa shape index (κ1) is 19.1. The third-order valence-electron chi connectivity index (χ3n) is 3.46. The zero-order valence-corrected chi connectivity index (χ0v) is 14.6. The number of carbonyl (C=O) groups is 2. The molecular weight excluding hydrogens is 410 g/mol. The first-order valence-electron chi connectivity index (χ1n) is 7.23. The Kier molecular flexibility index (Phi) is 5.07. The number of amides is 1. The largest absolute Gasteiger partial charge is 0.416 e. The summed E-state index contributed by atoms with van der Waals surface area (Å²) in [7, 11) is 0. The van der Waals surface area contributed by atoms with Gasteiger partial charge in [-0.1, -0.05) is 17.7 Å². The van der Waals surface area contributed by atoms with Crippen molar-refractivity contribution >= 4 is 44.9 Å². The fourth-order valence-corrected chi connectivity index (χ4v) is 3.63. The number of carbonyl (C=O) groups excluding carboxylic acids is 2. The molecule has 0 aliphatic carbocycles. The van der Waals surface area contributed by atoms with Crippen molar-refractivity contribution < 1.29 is 32.0 Å². The van der Waals surface area contributed by atoms with Crippen molar-refractivity contribution in [2.24, 2.45) is 0 Å². The van der Waals surface area contributed by atoms with Crippen molar-refractivity contribution in [3.63, 3.8) is 0 Å². The van der Waals surface area contributed by atoms with E-state index >= 15 is 0 Å². The number of hydroxylamine groups is 1. The second-order valence-electron chi connectivity index (χ2n) is 5.28. The van der Waals surface area contributed by atoms with Crippen molar-refractivity contribution in [2.75, 3.05) is 0 Å². The highest BCUT2D eigenvalue weighted by atomic mass is 35.5. The van der Waals surface area contributed by atoms with Gasteiger partial charge in [-0.2, -0.15) is 18.7 Å². The van der Waals surface area contributed by atoms with Gasteiger partial charge in [0.2, 0.25) is 0 Å². The monoisotopic (exact) mass is 417 g/mol. The average Bonchev–Trinajstić information content (AvgIpc) is 2.94. The molecule has 0 radical (unpaired) electrons. The number of nitrogens with one attached hydrogen (secondary N) is 1. The Balaban J connectivity index is 1.74. The Morgan fingerprint density at radius 3 is 2.56 bits per heavy atom. The van der Waals surface area contributed by atoms with Gasteiger partial charge in [0.25, 0.3) is 5.91 Å². The van der Waals surface area contributed by atoms with Gasteiger partial charge < -0.3 is 4.84 Å². The lowest BCUT2D eigenvalue weighted by molar-refractivity contribution is -0.137. The third kappa shape index (κ3) is 4.04. The standard InChI is InChI=1S/C17H8ClF4NO3S/c18-13-11-5-4-10(19)7-12(11)27-14(13)15(24)23-26-16(25)8-2-1-3-9(6-8)17(20,21)22/h1-7H,(H,23,24). The third-order valence-corrected chi connectivity index (χ3v) is 5.12. The molecule has 2 aromatic carbocycles. The van der Waals surface area contributed by atoms with Gasteiger partial charge in [0.1, 0.15) is 10.7 Å². The molecule has 0 bridgehead atoms. The molecule has 1 aromatic heterocycles. The van der Waals surface area contributed by atoms with E-state index < -0.39 is 35.0 Å². The first-order valence-corrected chi connectivity index (χ1v) is 8.42. The average molecular weight is 418 g/mol. The number of halogens is 5. The SMILES string of the molecule is O=C(ONC(=O)c1sc2cc(F)ccc2c1Cl)c1cccc(C(F)(F)F)c1. The van der Waals surface area contributed by atoms with Crippen LogP contribution in [0.5, 0.6) is 0 Å². The van der Waals surface area contributed by atoms with Crippen LogP contribution in [-0.2, 0) is 11.0 Å². The summed E-state index contributed by atoms with van der Waals surface area (Å²) in [4.78, 5) is 28.5. The number of thiophene rings is 1. The van der Waals surface area contributed by atoms with Crippen LogP contribution in [-0.4, -0.2) is 11.9 Å². The zero-order valence-electron chi connectivity index (χ0n) is 13.1. The van der Waals surface area contributed by atoms with Crippen LogP contribution in [0.2, 0.25) is 5.02 Å². The van der Waals surface area contributed by atoms with Gasteiger partial charge in [0.05, 0.1) is 16.1 Å². The lowest BCUT2D eigenvalue weighted by Crippen LogP contribution is -2.26. The molecule has 1 N–H and O–H groups in total. The minimum Gasteiger partial charge on any atom is -0.335 e. The minimum atomic E-state index is -4.63. The molecule has 3 aromatic rings. The maximum Gasteiger partial charge on any atom is 0.416 e. The highest BCUT2D eigenvalue weighted by Crippen LogP contribution is 2.35. The fraction of sp³-hybridized carbons (Fsp3) is 0.0588. The molecule has 140 valence electrons. The van der Waals surface area contributed by atoms with E-state index in [9.17, 15) is 27.2 Å². The van der Waals surface area contributed by atoms with Crippen LogP contribution >= 0.6 is 22.9 Å². The summed E-state index contributed by atoms with van der Waals surface area (Å²) in [5.41, 5.74) is 0.411. The molecule has 1 amide bonds. The highest BCUT2D eigenvalue weighted by molar-refractivity contribution is 7.21. The number of alkyl halides is 3. The lowest BCUT2D eigenvalue weighted by atomic mass is 10.1. The van der Waals surface area contributed by atoms with Crippen LogP contribution < -0.4 is 5.48 Å². The number of hydrogen-bond acceptors (Lipinski definition) is 4. The van der Waals surface area contributed by atoms with Crippen LogP contribution in [0.1, 0.15) is 25.6 Å². The molecule has 1 heterocycles. The number of hydrogen-bond donors (Lipinski definition) is 1. The Bertz CT molecular complexity index is 1050. The lowest BCUT2D eigenvalue weighted by Gasteiger charge is -2.08. The van der Waals surface area contributed by atoms with E-state index in [2.05, 4.69) is 4.84 Å². The predicted octanol–water partition coefficient (Wildman–Crippen LogP) is 5.21. The van der Waals surface area contributed by atoms with E-state index in [0.717, 1.165) is 29.5 Å². The topological polar surface area (TPSA) is 55.4 Å². The number of rotatable bonds is 2. The van der Waals surface area contributed by atoms with Crippen molar-refractivity contribution in [3.8, 4) is 0 Å². The van der Waals surface area contributed by atoms with E-state index in [-0.39, 0.29) is 9.90 Å². The second kappa shape index (κ2) is 7.16. The molecule has 0 aliphatic heterocycles. The molecule has 0 saturated heterocycles. The van der Waals surface area contributed by atoms with Gasteiger partial charge in [-0.3, -0.25) is 4.79 Å². The summed E-state index contributed by atoms with van der Waals surface area (Å²) in [5, 5.41) is 0.486. The predicted molar refractivity (Wildman–Crippen MR) is 91.1 cm³/mol. The van der Waals surface area contributed by atoms with Crippen LogP contribution in [0.25, 0.3) is 10.1 Å². The van der Waals surface area contributed by atoms with Crippen molar-refractivity contribution in [2.45, 2.75) is 6.18 Å². The molecule has 0 fully saturated rings. The highest BCUT2D eigenvalue weighted by Gasteiger charge is 2.31. The van der Waals surface area contributed by atoms with Crippen LogP contribution in [0.4, 0.5) is 17.6 Å². The number of benzene rings is 2. The smallest absolute Gasteiger partial charge is 0.335 e. The Labute approximate surface area is 158 Å². The van der Waals surface area contributed by atoms with Crippen LogP contribution in [0.15, 0.2) is 42.5 Å². The van der Waals surface area contributed by atoms with Crippen LogP contribution in [0.3, 0.4) is 0 Å². The summed E-state index contributed by atoms with van der Waals surface area (Å²) < 4.78 is 51.7. The van der Waals surface area contributed by atoms with E-state index in [1.54, 1.807) is 0 Å². The summed E-state index contributed by atoms with van der Waals surface area (Å²) in [6, 6.07) is 7.31. The Morgan fingerprint density at radius 1 is 1.11 bits per heavy atom. The maximum atomic E-state index is 13.3. The fourth-order valence-electron chi connectivity index (χ4n) is 2.21. The molecule has 0 unspecified atom stereocenters. The Morgan fingerprint density at radius 2 is 1.85 bits per heavy atom. The van der Waals surface area contributed by atoms with Crippen LogP contribution in [0, 0.1) is 5.82 Å². The van der Waals surface area contributed by atoms with Gasteiger partial charge in [-0.15, -0.1) is 11.3 Å². The van der Waals surface area contributed by atoms with Gasteiger partial charge in [-0.25, -0.2) is 9.18 Å². The van der Waals surface area contributed by atoms with Gasteiger partial charge in [0, 0.05) is 10.1 Å². The van der Waals surface area contributed by atoms with E-state index in [1.165, 1.54) is 18.2 Å². The van der Waals surface area contributed by atoms with Gasteiger partial charge >= 0.3 is 12.1 Å². The molecule has 0 saturated carbocycles. The Hall–Kier alpha value is -2.65. The molecule has 27 heavy (non-hydrogen) atoms. The first-order chi connectivity index (χ1) is 12.7. The summed E-state index contributed by atoms with van der Waals surface area (Å²) >= 11 is 6.94. The molecule has 4 nitrogen and oxygen atoms in total. The maximum absolute atomic E-state index is 13.3. The van der Waals surface area contributed by atoms with Gasteiger partial charge in [0.15, 0.2) is 0 Å². The van der Waals surface area contributed by atoms with Gasteiger partial charge in [-0.05, 0) is 36.4 Å². The number of fused-ring (bicyclic) bond motifs is 1. The summed E-state index contributed by atoms with van der Waals surface area (Å²) in [5.74, 6) is -2.58. The van der Waals surface area contributed by atoms with E-state index in [4.69, 9.17) is 11.6 Å². The van der Waals surface area contributed by atoms with E-state index in [0.29, 0.717) is 16.2 Å². The quantitative estimate of drug-likeness (QED) is 0.460. The van der Waals surface area contributed by atoms with Crippen molar-refractivity contribution in [1.82, 2.24) is 5.48 Å². The van der Waals surface area contributed by atoms with E-state index in [1.807, 2.05) is 5.48 Å². The minimum absolute atomic E-state index is 0.0332. The molecular formula is C17H8ClF4NO3S. The van der Waals surface area contributed by atoms with Crippen molar-refractivity contribution in [3.05, 3.63) is 69.3 Å². The summed E-state index contributed by atoms with van der Waals surface area (Å²) in [6.45, 7) is 0. The zero-order chi connectivity index (χ0) is 19.8.